The number of hydrogen-bond donors (Lipinski definition) is 2. The zero-order valence-corrected chi connectivity index (χ0v) is 8.45. The summed E-state index contributed by atoms with van der Waals surface area (Å²) in [6, 6.07) is 0. The van der Waals surface area contributed by atoms with E-state index in [-0.39, 0.29) is 6.42 Å². The molecule has 0 aliphatic heterocycles. The van der Waals surface area contributed by atoms with Crippen molar-refractivity contribution in [3.63, 3.8) is 0 Å². The molecule has 0 bridgehead atoms. The highest BCUT2D eigenvalue weighted by molar-refractivity contribution is 7.53. The Labute approximate surface area is 76.6 Å². The molecule has 0 saturated carbocycles. The number of hydrogen-bond acceptors (Lipinski definition) is 3. The van der Waals surface area contributed by atoms with Crippen LogP contribution in [0.1, 0.15) is 20.3 Å². The van der Waals surface area contributed by atoms with Gasteiger partial charge in [-0.15, -0.1) is 0 Å². The summed E-state index contributed by atoms with van der Waals surface area (Å²) in [5.74, 6) is -0.840. The van der Waals surface area contributed by atoms with Crippen LogP contribution in [0.25, 0.3) is 0 Å². The minimum absolute atomic E-state index is 0.0385. The molecule has 0 spiro atoms. The van der Waals surface area contributed by atoms with Crippen LogP contribution in [0, 0.1) is 0 Å². The Morgan fingerprint density at radius 1 is 1.69 bits per heavy atom. The van der Waals surface area contributed by atoms with Crippen LogP contribution in [0.15, 0.2) is 12.7 Å². The highest BCUT2D eigenvalue weighted by Crippen LogP contribution is 2.52. The average molecular weight is 208 g/mol. The molecule has 76 valence electrons. The van der Waals surface area contributed by atoms with Gasteiger partial charge in [-0.1, -0.05) is 13.5 Å². The predicted molar refractivity (Wildman–Crippen MR) is 47.0 cm³/mol. The molecule has 6 heteroatoms. The fourth-order valence-electron chi connectivity index (χ4n) is 0.596. The van der Waals surface area contributed by atoms with E-state index in [1.807, 2.05) is 0 Å². The molecule has 13 heavy (non-hydrogen) atoms. The Kier molecular flexibility index (Phi) is 3.85. The smallest absolute Gasteiger partial charge is 0.368 e. The van der Waals surface area contributed by atoms with Crippen LogP contribution in [0.2, 0.25) is 0 Å². The maximum absolute atomic E-state index is 10.9. The highest BCUT2D eigenvalue weighted by atomic mass is 31.2. The molecular weight excluding hydrogens is 195 g/mol. The van der Waals surface area contributed by atoms with E-state index in [0.29, 0.717) is 0 Å². The highest BCUT2D eigenvalue weighted by Gasteiger charge is 2.44. The van der Waals surface area contributed by atoms with Gasteiger partial charge in [0.15, 0.2) is 0 Å². The normalized spacial score (nSPS) is 16.0. The number of esters is 1. The van der Waals surface area contributed by atoms with E-state index in [1.54, 1.807) is 0 Å². The summed E-state index contributed by atoms with van der Waals surface area (Å²) in [5, 5.41) is -1.75. The van der Waals surface area contributed by atoms with Crippen molar-refractivity contribution in [3.05, 3.63) is 12.7 Å². The first-order valence-electron chi connectivity index (χ1n) is 3.68. The van der Waals surface area contributed by atoms with Crippen molar-refractivity contribution in [1.82, 2.24) is 0 Å². The lowest BCUT2D eigenvalue weighted by Crippen LogP contribution is -2.30. The number of carbonyl (C=O) groups excluding carboxylic acids is 1. The first-order chi connectivity index (χ1) is 5.77. The Morgan fingerprint density at radius 3 is 2.38 bits per heavy atom. The molecule has 0 heterocycles. The monoisotopic (exact) mass is 208 g/mol. The average Bonchev–Trinajstić information content (AvgIpc) is 2.02. The maximum atomic E-state index is 10.9. The van der Waals surface area contributed by atoms with Crippen molar-refractivity contribution >= 4 is 13.6 Å². The van der Waals surface area contributed by atoms with Gasteiger partial charge in [0.2, 0.25) is 5.34 Å². The molecule has 2 N–H and O–H groups in total. The molecule has 1 atom stereocenters. The van der Waals surface area contributed by atoms with Gasteiger partial charge < -0.3 is 14.5 Å². The first kappa shape index (κ1) is 12.4. The van der Waals surface area contributed by atoms with E-state index in [0.717, 1.165) is 6.08 Å². The fraction of sp³-hybridized carbons (Fsp3) is 0.571. The van der Waals surface area contributed by atoms with Gasteiger partial charge in [0, 0.05) is 6.08 Å². The summed E-state index contributed by atoms with van der Waals surface area (Å²) in [6.07, 6.45) is 0.903. The topological polar surface area (TPSA) is 83.8 Å². The first-order valence-corrected chi connectivity index (χ1v) is 5.29. The molecule has 0 aromatic rings. The summed E-state index contributed by atoms with van der Waals surface area (Å²) in [5.41, 5.74) is 0. The van der Waals surface area contributed by atoms with Crippen LogP contribution < -0.4 is 0 Å². The SMILES string of the molecule is C=CC(=O)OC(C)(CC)P(=O)(O)O. The lowest BCUT2D eigenvalue weighted by Gasteiger charge is -2.28. The van der Waals surface area contributed by atoms with Crippen molar-refractivity contribution in [3.8, 4) is 0 Å². The van der Waals surface area contributed by atoms with Gasteiger partial charge in [0.1, 0.15) is 0 Å². The second kappa shape index (κ2) is 4.05. The van der Waals surface area contributed by atoms with Gasteiger partial charge in [-0.3, -0.25) is 4.57 Å². The van der Waals surface area contributed by atoms with Gasteiger partial charge in [-0.05, 0) is 13.3 Å². The second-order valence-electron chi connectivity index (χ2n) is 2.70. The van der Waals surface area contributed by atoms with Gasteiger partial charge in [0.25, 0.3) is 0 Å². The van der Waals surface area contributed by atoms with Crippen molar-refractivity contribution < 1.29 is 23.9 Å². The number of ether oxygens (including phenoxy) is 1. The van der Waals surface area contributed by atoms with E-state index in [2.05, 4.69) is 11.3 Å². The summed E-state index contributed by atoms with van der Waals surface area (Å²) >= 11 is 0. The largest absolute Gasteiger partial charge is 0.443 e. The van der Waals surface area contributed by atoms with Crippen LogP contribution in [0.4, 0.5) is 0 Å². The molecule has 0 aliphatic carbocycles. The van der Waals surface area contributed by atoms with Crippen LogP contribution in [0.3, 0.4) is 0 Å². The maximum Gasteiger partial charge on any atom is 0.368 e. The van der Waals surface area contributed by atoms with Crippen LogP contribution in [0.5, 0.6) is 0 Å². The summed E-state index contributed by atoms with van der Waals surface area (Å²) in [4.78, 5) is 28.5. The molecular formula is C7H13O5P. The molecule has 0 fully saturated rings. The zero-order chi connectivity index (χ0) is 10.7. The lowest BCUT2D eigenvalue weighted by atomic mass is 10.3. The summed E-state index contributed by atoms with van der Waals surface area (Å²) < 4.78 is 15.5. The van der Waals surface area contributed by atoms with Crippen molar-refractivity contribution in [1.29, 1.82) is 0 Å². The van der Waals surface area contributed by atoms with Crippen molar-refractivity contribution in [2.45, 2.75) is 25.6 Å². The zero-order valence-electron chi connectivity index (χ0n) is 7.56. The Balaban J connectivity index is 4.76. The third-order valence-corrected chi connectivity index (χ3v) is 3.40. The standard InChI is InChI=1S/C7H13O5P/c1-4-6(8)12-7(3,5-2)13(9,10)11/h4H,1,5H2,2-3H3,(H2,9,10,11). The van der Waals surface area contributed by atoms with Gasteiger partial charge >= 0.3 is 13.6 Å². The molecule has 0 aromatic carbocycles. The second-order valence-corrected chi connectivity index (χ2v) is 4.73. The Bertz CT molecular complexity index is 256. The third kappa shape index (κ3) is 2.95. The fourth-order valence-corrected chi connectivity index (χ4v) is 1.22. The molecule has 0 rings (SSSR count). The van der Waals surface area contributed by atoms with E-state index in [9.17, 15) is 9.36 Å². The molecule has 0 saturated heterocycles. The van der Waals surface area contributed by atoms with Crippen LogP contribution in [-0.2, 0) is 14.1 Å². The predicted octanol–water partition coefficient (Wildman–Crippen LogP) is 1.02. The summed E-state index contributed by atoms with van der Waals surface area (Å²) in [6.45, 7) is 5.85. The lowest BCUT2D eigenvalue weighted by molar-refractivity contribution is -0.146. The van der Waals surface area contributed by atoms with Gasteiger partial charge in [-0.25, -0.2) is 4.79 Å². The molecule has 0 aliphatic rings. The molecule has 0 radical (unpaired) electrons. The quantitative estimate of drug-likeness (QED) is 0.409. The van der Waals surface area contributed by atoms with Crippen molar-refractivity contribution in [2.75, 3.05) is 0 Å². The Hall–Kier alpha value is -0.640. The van der Waals surface area contributed by atoms with E-state index < -0.39 is 18.9 Å². The number of carbonyl (C=O) groups is 1. The minimum atomic E-state index is -4.45. The van der Waals surface area contributed by atoms with Gasteiger partial charge in [0.05, 0.1) is 0 Å². The molecule has 1 unspecified atom stereocenters. The van der Waals surface area contributed by atoms with E-state index in [1.165, 1.54) is 13.8 Å². The van der Waals surface area contributed by atoms with Gasteiger partial charge in [-0.2, -0.15) is 0 Å². The van der Waals surface area contributed by atoms with Crippen molar-refractivity contribution in [2.24, 2.45) is 0 Å². The molecule has 5 nitrogen and oxygen atoms in total. The van der Waals surface area contributed by atoms with E-state index in [4.69, 9.17) is 9.79 Å². The van der Waals surface area contributed by atoms with Crippen LogP contribution in [-0.4, -0.2) is 21.1 Å². The van der Waals surface area contributed by atoms with Crippen LogP contribution >= 0.6 is 7.60 Å². The number of rotatable bonds is 4. The minimum Gasteiger partial charge on any atom is -0.443 e. The van der Waals surface area contributed by atoms with E-state index >= 15 is 0 Å². The summed E-state index contributed by atoms with van der Waals surface area (Å²) in [7, 11) is -4.45. The molecule has 0 amide bonds. The molecule has 0 aromatic heterocycles. The third-order valence-electron chi connectivity index (χ3n) is 1.76. The Morgan fingerprint density at radius 2 is 2.15 bits per heavy atom.